The molecule has 6 nitrogen and oxygen atoms in total. The fourth-order valence-corrected chi connectivity index (χ4v) is 1.27. The van der Waals surface area contributed by atoms with Gasteiger partial charge in [0.1, 0.15) is 11.4 Å². The second-order valence-corrected chi connectivity index (χ2v) is 4.25. The van der Waals surface area contributed by atoms with Crippen LogP contribution in [-0.2, 0) is 4.79 Å². The van der Waals surface area contributed by atoms with Gasteiger partial charge in [-0.2, -0.15) is 0 Å². The van der Waals surface area contributed by atoms with E-state index in [9.17, 15) is 14.0 Å². The first-order chi connectivity index (χ1) is 8.29. The number of hydrogen-bond acceptors (Lipinski definition) is 4. The van der Waals surface area contributed by atoms with Crippen LogP contribution in [0.4, 0.5) is 10.1 Å². The van der Waals surface area contributed by atoms with E-state index in [0.29, 0.717) is 0 Å². The maximum absolute atomic E-state index is 13.4. The van der Waals surface area contributed by atoms with Crippen LogP contribution in [0.3, 0.4) is 0 Å². The molecule has 6 N–H and O–H groups in total. The topological polar surface area (TPSA) is 110 Å². The Hall–Kier alpha value is -2.15. The zero-order valence-corrected chi connectivity index (χ0v) is 10.1. The van der Waals surface area contributed by atoms with Gasteiger partial charge in [-0.15, -0.1) is 0 Å². The Morgan fingerprint density at radius 2 is 1.94 bits per heavy atom. The Balaban J connectivity index is 3.06. The molecule has 0 radical (unpaired) electrons. The van der Waals surface area contributed by atoms with Gasteiger partial charge in [-0.3, -0.25) is 15.4 Å². The number of carbonyl (C=O) groups is 2. The first-order valence-corrected chi connectivity index (χ1v) is 5.17. The monoisotopic (exact) mass is 254 g/mol. The zero-order valence-electron chi connectivity index (χ0n) is 10.1. The number of nitrogen functional groups attached to an aromatic ring is 1. The number of rotatable bonds is 4. The summed E-state index contributed by atoms with van der Waals surface area (Å²) in [6.07, 6.45) is 0. The number of nitrogens with one attached hydrogen (secondary N) is 2. The van der Waals surface area contributed by atoms with Gasteiger partial charge in [0, 0.05) is 0 Å². The minimum atomic E-state index is -1.24. The van der Waals surface area contributed by atoms with Crippen LogP contribution < -0.4 is 22.3 Å². The number of hydrazine groups is 1. The average molecular weight is 254 g/mol. The van der Waals surface area contributed by atoms with Gasteiger partial charge >= 0.3 is 0 Å². The number of nitrogens with two attached hydrogens (primary N) is 2. The van der Waals surface area contributed by atoms with Gasteiger partial charge in [0.05, 0.1) is 11.3 Å². The summed E-state index contributed by atoms with van der Waals surface area (Å²) >= 11 is 0. The second-order valence-electron chi connectivity index (χ2n) is 4.25. The van der Waals surface area contributed by atoms with E-state index < -0.39 is 23.2 Å². The third-order valence-corrected chi connectivity index (χ3v) is 2.44. The SMILES string of the molecule is CC(C)(NC(=O)c1cccc(F)c1NN)C(N)=O. The molecule has 0 heterocycles. The molecule has 98 valence electrons. The Morgan fingerprint density at radius 3 is 2.44 bits per heavy atom. The lowest BCUT2D eigenvalue weighted by Crippen LogP contribution is -2.53. The van der Waals surface area contributed by atoms with Crippen LogP contribution >= 0.6 is 0 Å². The van der Waals surface area contributed by atoms with Crippen molar-refractivity contribution in [2.24, 2.45) is 11.6 Å². The molecule has 0 saturated carbocycles. The fraction of sp³-hybridized carbons (Fsp3) is 0.273. The standard InChI is InChI=1S/C11H15FN4O2/c1-11(2,10(13)18)15-9(17)6-4-3-5-7(12)8(6)16-14/h3-5,16H,14H2,1-2H3,(H2,13,18)(H,15,17). The third kappa shape index (κ3) is 2.75. The average Bonchev–Trinajstić information content (AvgIpc) is 2.27. The molecule has 18 heavy (non-hydrogen) atoms. The molecular formula is C11H15FN4O2. The molecule has 0 aliphatic heterocycles. The summed E-state index contributed by atoms with van der Waals surface area (Å²) in [5.74, 6) is 3.14. The van der Waals surface area contributed by atoms with Crippen LogP contribution in [0.5, 0.6) is 0 Å². The van der Waals surface area contributed by atoms with Crippen LogP contribution in [-0.4, -0.2) is 17.4 Å². The Labute approximate surface area is 103 Å². The number of hydrogen-bond donors (Lipinski definition) is 4. The number of benzene rings is 1. The van der Waals surface area contributed by atoms with Crippen LogP contribution in [0.15, 0.2) is 18.2 Å². The number of carbonyl (C=O) groups excluding carboxylic acids is 2. The van der Waals surface area contributed by atoms with Gasteiger partial charge in [-0.05, 0) is 26.0 Å². The lowest BCUT2D eigenvalue weighted by Gasteiger charge is -2.23. The number of amides is 2. The van der Waals surface area contributed by atoms with E-state index in [2.05, 4.69) is 10.7 Å². The summed E-state index contributed by atoms with van der Waals surface area (Å²) in [6, 6.07) is 3.90. The molecule has 7 heteroatoms. The van der Waals surface area contributed by atoms with Gasteiger partial charge in [0.2, 0.25) is 5.91 Å². The molecule has 0 bridgehead atoms. The first kappa shape index (κ1) is 13.9. The number of para-hydroxylation sites is 1. The zero-order chi connectivity index (χ0) is 13.9. The van der Waals surface area contributed by atoms with E-state index in [1.165, 1.54) is 26.0 Å². The normalized spacial score (nSPS) is 10.9. The van der Waals surface area contributed by atoms with Gasteiger partial charge in [0.25, 0.3) is 5.91 Å². The number of anilines is 1. The summed E-state index contributed by atoms with van der Waals surface area (Å²) in [6.45, 7) is 2.89. The highest BCUT2D eigenvalue weighted by Gasteiger charge is 2.28. The van der Waals surface area contributed by atoms with Crippen molar-refractivity contribution in [3.63, 3.8) is 0 Å². The van der Waals surface area contributed by atoms with Gasteiger partial charge in [0.15, 0.2) is 0 Å². The van der Waals surface area contributed by atoms with Crippen LogP contribution in [0.1, 0.15) is 24.2 Å². The third-order valence-electron chi connectivity index (χ3n) is 2.44. The van der Waals surface area contributed by atoms with Gasteiger partial charge in [-0.1, -0.05) is 6.07 Å². The van der Waals surface area contributed by atoms with Crippen molar-refractivity contribution in [2.75, 3.05) is 5.43 Å². The minimum absolute atomic E-state index is 0.00757. The lowest BCUT2D eigenvalue weighted by atomic mass is 10.0. The molecule has 0 unspecified atom stereocenters. The first-order valence-electron chi connectivity index (χ1n) is 5.17. The van der Waals surface area contributed by atoms with Crippen molar-refractivity contribution in [1.82, 2.24) is 5.32 Å². The van der Waals surface area contributed by atoms with E-state index in [0.717, 1.165) is 6.07 Å². The molecule has 0 spiro atoms. The van der Waals surface area contributed by atoms with Crippen LogP contribution in [0.2, 0.25) is 0 Å². The molecule has 0 aliphatic rings. The molecule has 1 rings (SSSR count). The number of primary amides is 1. The molecule has 0 saturated heterocycles. The Bertz CT molecular complexity index is 488. The Morgan fingerprint density at radius 1 is 1.33 bits per heavy atom. The van der Waals surface area contributed by atoms with Crippen molar-refractivity contribution >= 4 is 17.5 Å². The van der Waals surface area contributed by atoms with Crippen molar-refractivity contribution < 1.29 is 14.0 Å². The maximum atomic E-state index is 13.4. The highest BCUT2D eigenvalue weighted by atomic mass is 19.1. The fourth-order valence-electron chi connectivity index (χ4n) is 1.27. The van der Waals surface area contributed by atoms with E-state index in [1.54, 1.807) is 0 Å². The summed E-state index contributed by atoms with van der Waals surface area (Å²) < 4.78 is 13.4. The van der Waals surface area contributed by atoms with Crippen molar-refractivity contribution in [1.29, 1.82) is 0 Å². The van der Waals surface area contributed by atoms with E-state index in [-0.39, 0.29) is 11.3 Å². The highest BCUT2D eigenvalue weighted by Crippen LogP contribution is 2.19. The predicted octanol–water partition coefficient (Wildman–Crippen LogP) is 0.105. The van der Waals surface area contributed by atoms with Crippen LogP contribution in [0, 0.1) is 5.82 Å². The summed E-state index contributed by atoms with van der Waals surface area (Å²) in [5, 5.41) is 2.40. The quantitative estimate of drug-likeness (QED) is 0.451. The molecule has 0 aromatic heterocycles. The summed E-state index contributed by atoms with van der Waals surface area (Å²) in [7, 11) is 0. The Kier molecular flexibility index (Phi) is 3.87. The van der Waals surface area contributed by atoms with E-state index in [1.807, 2.05) is 0 Å². The molecule has 0 fully saturated rings. The second kappa shape index (κ2) is 5.01. The molecule has 2 amide bonds. The van der Waals surface area contributed by atoms with Crippen molar-refractivity contribution in [3.05, 3.63) is 29.6 Å². The number of halogens is 1. The molecule has 0 atom stereocenters. The van der Waals surface area contributed by atoms with Crippen LogP contribution in [0.25, 0.3) is 0 Å². The summed E-state index contributed by atoms with van der Waals surface area (Å²) in [5.41, 5.74) is 5.85. The smallest absolute Gasteiger partial charge is 0.254 e. The van der Waals surface area contributed by atoms with E-state index >= 15 is 0 Å². The molecule has 0 aliphatic carbocycles. The highest BCUT2D eigenvalue weighted by molar-refractivity contribution is 6.02. The van der Waals surface area contributed by atoms with Crippen molar-refractivity contribution in [2.45, 2.75) is 19.4 Å². The largest absolute Gasteiger partial charge is 0.368 e. The maximum Gasteiger partial charge on any atom is 0.254 e. The van der Waals surface area contributed by atoms with Gasteiger partial charge < -0.3 is 16.5 Å². The van der Waals surface area contributed by atoms with Crippen molar-refractivity contribution in [3.8, 4) is 0 Å². The lowest BCUT2D eigenvalue weighted by molar-refractivity contribution is -0.122. The molecular weight excluding hydrogens is 239 g/mol. The molecule has 1 aromatic carbocycles. The minimum Gasteiger partial charge on any atom is -0.368 e. The van der Waals surface area contributed by atoms with Gasteiger partial charge in [-0.25, -0.2) is 4.39 Å². The van der Waals surface area contributed by atoms with E-state index in [4.69, 9.17) is 11.6 Å². The predicted molar refractivity (Wildman–Crippen MR) is 64.9 cm³/mol. The summed E-state index contributed by atoms with van der Waals surface area (Å²) in [4.78, 5) is 23.0. The molecule has 1 aromatic rings.